The molecule has 0 aromatic heterocycles. The largest absolute Gasteiger partial charge is 0.376 e. The average molecular weight is 198 g/mol. The fourth-order valence-electron chi connectivity index (χ4n) is 2.25. The lowest BCUT2D eigenvalue weighted by atomic mass is 10.00. The number of nitrogens with zero attached hydrogens (tertiary/aromatic N) is 2. The van der Waals surface area contributed by atoms with Crippen molar-refractivity contribution >= 4 is 0 Å². The van der Waals surface area contributed by atoms with Crippen LogP contribution in [0, 0.1) is 0 Å². The van der Waals surface area contributed by atoms with Gasteiger partial charge < -0.3 is 4.74 Å². The SMILES string of the molecule is CCOC1CN(C2CN(C(C)C)C2)C1. The predicted octanol–water partition coefficient (Wildman–Crippen LogP) is 0.800. The molecule has 14 heavy (non-hydrogen) atoms. The number of hydrogen-bond donors (Lipinski definition) is 0. The summed E-state index contributed by atoms with van der Waals surface area (Å²) in [5.41, 5.74) is 0. The topological polar surface area (TPSA) is 15.7 Å². The van der Waals surface area contributed by atoms with Crippen molar-refractivity contribution in [3.63, 3.8) is 0 Å². The maximum atomic E-state index is 5.55. The first kappa shape index (κ1) is 10.4. The second kappa shape index (κ2) is 4.17. The van der Waals surface area contributed by atoms with Crippen LogP contribution in [0.4, 0.5) is 0 Å². The third-order valence-corrected chi connectivity index (χ3v) is 3.42. The first-order valence-electron chi connectivity index (χ1n) is 5.80. The Morgan fingerprint density at radius 2 is 1.86 bits per heavy atom. The van der Waals surface area contributed by atoms with Crippen LogP contribution in [-0.4, -0.2) is 60.8 Å². The molecule has 0 aromatic rings. The summed E-state index contributed by atoms with van der Waals surface area (Å²) in [7, 11) is 0. The molecule has 0 bridgehead atoms. The van der Waals surface area contributed by atoms with Crippen LogP contribution in [-0.2, 0) is 4.74 Å². The highest BCUT2D eigenvalue weighted by atomic mass is 16.5. The Morgan fingerprint density at radius 3 is 2.36 bits per heavy atom. The fourth-order valence-corrected chi connectivity index (χ4v) is 2.25. The molecule has 3 nitrogen and oxygen atoms in total. The van der Waals surface area contributed by atoms with Gasteiger partial charge in [0.05, 0.1) is 6.10 Å². The Hall–Kier alpha value is -0.120. The highest BCUT2D eigenvalue weighted by Gasteiger charge is 2.39. The molecule has 2 aliphatic rings. The quantitative estimate of drug-likeness (QED) is 0.664. The Kier molecular flexibility index (Phi) is 3.10. The summed E-state index contributed by atoms with van der Waals surface area (Å²) >= 11 is 0. The van der Waals surface area contributed by atoms with Gasteiger partial charge in [-0.05, 0) is 20.8 Å². The normalized spacial score (nSPS) is 26.6. The molecule has 0 spiro atoms. The molecule has 3 heteroatoms. The van der Waals surface area contributed by atoms with Crippen molar-refractivity contribution in [3.05, 3.63) is 0 Å². The van der Waals surface area contributed by atoms with Crippen LogP contribution in [0.25, 0.3) is 0 Å². The average Bonchev–Trinajstić information content (AvgIpc) is 1.96. The van der Waals surface area contributed by atoms with Gasteiger partial charge in [0.2, 0.25) is 0 Å². The molecule has 0 aliphatic carbocycles. The smallest absolute Gasteiger partial charge is 0.0828 e. The van der Waals surface area contributed by atoms with E-state index in [1.54, 1.807) is 0 Å². The lowest BCUT2D eigenvalue weighted by molar-refractivity contribution is -0.102. The standard InChI is InChI=1S/C11H22N2O/c1-4-14-11-7-13(8-11)10-5-12(6-10)9(2)3/h9-11H,4-8H2,1-3H3. The van der Waals surface area contributed by atoms with E-state index in [1.807, 2.05) is 0 Å². The molecule has 2 rings (SSSR count). The molecule has 82 valence electrons. The Morgan fingerprint density at radius 1 is 1.21 bits per heavy atom. The number of hydrogen-bond acceptors (Lipinski definition) is 3. The van der Waals surface area contributed by atoms with E-state index in [1.165, 1.54) is 13.1 Å². The van der Waals surface area contributed by atoms with Gasteiger partial charge in [0.25, 0.3) is 0 Å². The van der Waals surface area contributed by atoms with Crippen LogP contribution < -0.4 is 0 Å². The summed E-state index contributed by atoms with van der Waals surface area (Å²) in [4.78, 5) is 5.08. The molecule has 2 saturated heterocycles. The van der Waals surface area contributed by atoms with E-state index in [0.717, 1.165) is 31.8 Å². The Labute approximate surface area is 87.0 Å². The molecule has 0 radical (unpaired) electrons. The van der Waals surface area contributed by atoms with E-state index < -0.39 is 0 Å². The zero-order valence-corrected chi connectivity index (χ0v) is 9.57. The van der Waals surface area contributed by atoms with Gasteiger partial charge in [0, 0.05) is 44.9 Å². The summed E-state index contributed by atoms with van der Waals surface area (Å²) in [6.07, 6.45) is 0.521. The highest BCUT2D eigenvalue weighted by molar-refractivity contribution is 4.95. The molecule has 0 aromatic carbocycles. The second-order valence-electron chi connectivity index (χ2n) is 4.73. The molecular formula is C11H22N2O. The van der Waals surface area contributed by atoms with Crippen LogP contribution in [0.15, 0.2) is 0 Å². The van der Waals surface area contributed by atoms with Gasteiger partial charge in [-0.1, -0.05) is 0 Å². The van der Waals surface area contributed by atoms with Crippen molar-refractivity contribution in [2.24, 2.45) is 0 Å². The van der Waals surface area contributed by atoms with Crippen molar-refractivity contribution in [2.45, 2.75) is 39.0 Å². The van der Waals surface area contributed by atoms with Gasteiger partial charge in [-0.3, -0.25) is 9.80 Å². The Bertz CT molecular complexity index is 184. The third-order valence-electron chi connectivity index (χ3n) is 3.42. The van der Waals surface area contributed by atoms with Gasteiger partial charge in [-0.25, -0.2) is 0 Å². The molecule has 0 unspecified atom stereocenters. The Balaban J connectivity index is 1.61. The maximum Gasteiger partial charge on any atom is 0.0828 e. The van der Waals surface area contributed by atoms with E-state index in [0.29, 0.717) is 6.10 Å². The van der Waals surface area contributed by atoms with Crippen molar-refractivity contribution in [1.82, 2.24) is 9.80 Å². The van der Waals surface area contributed by atoms with Crippen LogP contribution >= 0.6 is 0 Å². The van der Waals surface area contributed by atoms with Crippen molar-refractivity contribution in [2.75, 3.05) is 32.8 Å². The first-order valence-corrected chi connectivity index (χ1v) is 5.80. The number of likely N-dealkylation sites (tertiary alicyclic amines) is 2. The van der Waals surface area contributed by atoms with Gasteiger partial charge in [0.1, 0.15) is 0 Å². The highest BCUT2D eigenvalue weighted by Crippen LogP contribution is 2.23. The van der Waals surface area contributed by atoms with Crippen LogP contribution in [0.1, 0.15) is 20.8 Å². The molecule has 0 atom stereocenters. The minimum Gasteiger partial charge on any atom is -0.376 e. The van der Waals surface area contributed by atoms with Gasteiger partial charge in [-0.2, -0.15) is 0 Å². The van der Waals surface area contributed by atoms with Crippen LogP contribution in [0.2, 0.25) is 0 Å². The zero-order chi connectivity index (χ0) is 10.1. The zero-order valence-electron chi connectivity index (χ0n) is 9.57. The lowest BCUT2D eigenvalue weighted by Crippen LogP contribution is -2.68. The first-order chi connectivity index (χ1) is 6.70. The number of ether oxygens (including phenoxy) is 1. The van der Waals surface area contributed by atoms with Crippen LogP contribution in [0.3, 0.4) is 0 Å². The molecular weight excluding hydrogens is 176 g/mol. The summed E-state index contributed by atoms with van der Waals surface area (Å²) in [6, 6.07) is 1.53. The van der Waals surface area contributed by atoms with E-state index in [9.17, 15) is 0 Å². The maximum absolute atomic E-state index is 5.55. The molecule has 0 N–H and O–H groups in total. The van der Waals surface area contributed by atoms with Crippen LogP contribution in [0.5, 0.6) is 0 Å². The van der Waals surface area contributed by atoms with E-state index in [-0.39, 0.29) is 0 Å². The molecule has 2 fully saturated rings. The van der Waals surface area contributed by atoms with Crippen molar-refractivity contribution in [1.29, 1.82) is 0 Å². The monoisotopic (exact) mass is 198 g/mol. The van der Waals surface area contributed by atoms with E-state index in [4.69, 9.17) is 4.74 Å². The van der Waals surface area contributed by atoms with Gasteiger partial charge in [0.15, 0.2) is 0 Å². The van der Waals surface area contributed by atoms with E-state index in [2.05, 4.69) is 30.6 Å². The number of rotatable bonds is 4. The fraction of sp³-hybridized carbons (Fsp3) is 1.00. The minimum absolute atomic E-state index is 0.521. The summed E-state index contributed by atoms with van der Waals surface area (Å²) in [5, 5.41) is 0. The second-order valence-corrected chi connectivity index (χ2v) is 4.73. The summed E-state index contributed by atoms with van der Waals surface area (Å²) < 4.78 is 5.55. The van der Waals surface area contributed by atoms with Gasteiger partial charge in [-0.15, -0.1) is 0 Å². The summed E-state index contributed by atoms with van der Waals surface area (Å²) in [5.74, 6) is 0. The molecule has 0 amide bonds. The molecule has 2 aliphatic heterocycles. The third kappa shape index (κ3) is 1.95. The summed E-state index contributed by atoms with van der Waals surface area (Å²) in [6.45, 7) is 12.3. The lowest BCUT2D eigenvalue weighted by Gasteiger charge is -2.52. The van der Waals surface area contributed by atoms with Gasteiger partial charge >= 0.3 is 0 Å². The molecule has 2 heterocycles. The minimum atomic E-state index is 0.521. The van der Waals surface area contributed by atoms with Crippen molar-refractivity contribution < 1.29 is 4.74 Å². The van der Waals surface area contributed by atoms with Crippen molar-refractivity contribution in [3.8, 4) is 0 Å². The molecule has 0 saturated carbocycles. The predicted molar refractivity (Wildman–Crippen MR) is 57.5 cm³/mol. The van der Waals surface area contributed by atoms with E-state index >= 15 is 0 Å².